The molecule has 0 aliphatic heterocycles. The van der Waals surface area contributed by atoms with Crippen LogP contribution in [-0.4, -0.2) is 19.3 Å². The van der Waals surface area contributed by atoms with Crippen LogP contribution in [0.1, 0.15) is 16.7 Å². The SMILES string of the molecule is COc1ccc(C=NN=C(N)N)cc1CSc1ccc(C)cc1. The van der Waals surface area contributed by atoms with E-state index in [-0.39, 0.29) is 5.96 Å². The van der Waals surface area contributed by atoms with Gasteiger partial charge in [0.1, 0.15) is 5.75 Å². The number of benzene rings is 2. The Kier molecular flexibility index (Phi) is 6.05. The zero-order chi connectivity index (χ0) is 16.7. The lowest BCUT2D eigenvalue weighted by Crippen LogP contribution is -2.21. The molecule has 120 valence electrons. The summed E-state index contributed by atoms with van der Waals surface area (Å²) in [6.45, 7) is 2.08. The summed E-state index contributed by atoms with van der Waals surface area (Å²) in [6.07, 6.45) is 1.61. The van der Waals surface area contributed by atoms with E-state index in [1.54, 1.807) is 25.1 Å². The topological polar surface area (TPSA) is 86.0 Å². The summed E-state index contributed by atoms with van der Waals surface area (Å²) in [5.74, 6) is 1.59. The van der Waals surface area contributed by atoms with Gasteiger partial charge in [-0.05, 0) is 42.8 Å². The first-order valence-electron chi connectivity index (χ1n) is 7.07. The van der Waals surface area contributed by atoms with Crippen LogP contribution in [0.5, 0.6) is 5.75 Å². The predicted octanol–water partition coefficient (Wildman–Crippen LogP) is 2.90. The van der Waals surface area contributed by atoms with E-state index in [0.29, 0.717) is 0 Å². The van der Waals surface area contributed by atoms with Crippen molar-refractivity contribution in [1.82, 2.24) is 0 Å². The average molecular weight is 328 g/mol. The summed E-state index contributed by atoms with van der Waals surface area (Å²) < 4.78 is 5.43. The Morgan fingerprint density at radius 1 is 1.17 bits per heavy atom. The maximum Gasteiger partial charge on any atom is 0.211 e. The van der Waals surface area contributed by atoms with Crippen LogP contribution in [0.15, 0.2) is 57.6 Å². The minimum absolute atomic E-state index is 0.0649. The Bertz CT molecular complexity index is 707. The fourth-order valence-electron chi connectivity index (χ4n) is 1.95. The molecule has 2 rings (SSSR count). The van der Waals surface area contributed by atoms with Crippen LogP contribution < -0.4 is 16.2 Å². The molecule has 0 radical (unpaired) electrons. The monoisotopic (exact) mass is 328 g/mol. The van der Waals surface area contributed by atoms with Crippen LogP contribution in [0.3, 0.4) is 0 Å². The third-order valence-corrected chi connectivity index (χ3v) is 4.16. The molecule has 5 nitrogen and oxygen atoms in total. The largest absolute Gasteiger partial charge is 0.496 e. The first-order chi connectivity index (χ1) is 11.1. The number of ether oxygens (including phenoxy) is 1. The molecule has 0 fully saturated rings. The Morgan fingerprint density at radius 2 is 1.91 bits per heavy atom. The van der Waals surface area contributed by atoms with Gasteiger partial charge in [-0.15, -0.1) is 16.9 Å². The molecule has 4 N–H and O–H groups in total. The normalized spacial score (nSPS) is 10.7. The van der Waals surface area contributed by atoms with Crippen LogP contribution in [0, 0.1) is 6.92 Å². The van der Waals surface area contributed by atoms with Crippen molar-refractivity contribution >= 4 is 23.9 Å². The van der Waals surface area contributed by atoms with Gasteiger partial charge in [-0.3, -0.25) is 0 Å². The molecule has 0 atom stereocenters. The van der Waals surface area contributed by atoms with Crippen molar-refractivity contribution in [1.29, 1.82) is 0 Å². The molecule has 0 unspecified atom stereocenters. The number of nitrogens with two attached hydrogens (primary N) is 2. The summed E-state index contributed by atoms with van der Waals surface area (Å²) in [7, 11) is 1.67. The third kappa shape index (κ3) is 5.34. The van der Waals surface area contributed by atoms with Crippen molar-refractivity contribution in [3.05, 3.63) is 59.2 Å². The molecule has 6 heteroatoms. The van der Waals surface area contributed by atoms with Gasteiger partial charge in [-0.2, -0.15) is 5.10 Å². The minimum Gasteiger partial charge on any atom is -0.496 e. The van der Waals surface area contributed by atoms with Crippen LogP contribution in [0.2, 0.25) is 0 Å². The molecule has 23 heavy (non-hydrogen) atoms. The number of thioether (sulfide) groups is 1. The second kappa shape index (κ2) is 8.24. The van der Waals surface area contributed by atoms with Gasteiger partial charge in [0.05, 0.1) is 13.3 Å². The average Bonchev–Trinajstić information content (AvgIpc) is 2.54. The van der Waals surface area contributed by atoms with Crippen LogP contribution in [-0.2, 0) is 5.75 Å². The lowest BCUT2D eigenvalue weighted by molar-refractivity contribution is 0.411. The second-order valence-electron chi connectivity index (χ2n) is 4.94. The first kappa shape index (κ1) is 16.9. The van der Waals surface area contributed by atoms with Crippen molar-refractivity contribution in [2.24, 2.45) is 21.7 Å². The van der Waals surface area contributed by atoms with Crippen molar-refractivity contribution in [3.8, 4) is 5.75 Å². The van der Waals surface area contributed by atoms with Gasteiger partial charge in [-0.25, -0.2) is 0 Å². The lowest BCUT2D eigenvalue weighted by Gasteiger charge is -2.09. The molecular weight excluding hydrogens is 308 g/mol. The van der Waals surface area contributed by atoms with Gasteiger partial charge in [0.15, 0.2) is 0 Å². The molecule has 0 aliphatic carbocycles. The Labute approximate surface area is 140 Å². The fourth-order valence-corrected chi connectivity index (χ4v) is 2.83. The number of methoxy groups -OCH3 is 1. The molecule has 0 aromatic heterocycles. The highest BCUT2D eigenvalue weighted by atomic mass is 32.2. The molecule has 0 spiro atoms. The van der Waals surface area contributed by atoms with E-state index in [0.717, 1.165) is 22.6 Å². The van der Waals surface area contributed by atoms with Gasteiger partial charge < -0.3 is 16.2 Å². The van der Waals surface area contributed by atoms with E-state index in [1.807, 2.05) is 18.2 Å². The molecule has 0 heterocycles. The summed E-state index contributed by atoms with van der Waals surface area (Å²) in [4.78, 5) is 1.22. The molecule has 2 aromatic rings. The Balaban J connectivity index is 2.13. The molecule has 0 bridgehead atoms. The zero-order valence-electron chi connectivity index (χ0n) is 13.2. The predicted molar refractivity (Wildman–Crippen MR) is 97.1 cm³/mol. The third-order valence-electron chi connectivity index (χ3n) is 3.10. The summed E-state index contributed by atoms with van der Waals surface area (Å²) in [5.41, 5.74) is 13.7. The van der Waals surface area contributed by atoms with Crippen molar-refractivity contribution in [2.45, 2.75) is 17.6 Å². The van der Waals surface area contributed by atoms with Crippen molar-refractivity contribution in [3.63, 3.8) is 0 Å². The van der Waals surface area contributed by atoms with Crippen LogP contribution in [0.4, 0.5) is 0 Å². The molecular formula is C17H20N4OS. The summed E-state index contributed by atoms with van der Waals surface area (Å²) >= 11 is 1.76. The smallest absolute Gasteiger partial charge is 0.211 e. The number of aryl methyl sites for hydroxylation is 1. The lowest BCUT2D eigenvalue weighted by atomic mass is 10.1. The molecule has 2 aromatic carbocycles. The van der Waals surface area contributed by atoms with Crippen LogP contribution >= 0.6 is 11.8 Å². The van der Waals surface area contributed by atoms with Gasteiger partial charge in [-0.1, -0.05) is 17.7 Å². The number of nitrogens with zero attached hydrogens (tertiary/aromatic N) is 2. The molecule has 0 aliphatic rings. The maximum atomic E-state index is 5.43. The maximum absolute atomic E-state index is 5.43. The number of rotatable bonds is 6. The van der Waals surface area contributed by atoms with E-state index in [9.17, 15) is 0 Å². The zero-order valence-corrected chi connectivity index (χ0v) is 14.0. The number of hydrogen-bond donors (Lipinski definition) is 2. The van der Waals surface area contributed by atoms with Gasteiger partial charge in [0.2, 0.25) is 5.96 Å². The van der Waals surface area contributed by atoms with Gasteiger partial charge in [0, 0.05) is 16.2 Å². The van der Waals surface area contributed by atoms with Gasteiger partial charge >= 0.3 is 0 Å². The summed E-state index contributed by atoms with van der Waals surface area (Å²) in [5, 5.41) is 7.43. The van der Waals surface area contributed by atoms with E-state index in [4.69, 9.17) is 16.2 Å². The van der Waals surface area contributed by atoms with Crippen LogP contribution in [0.25, 0.3) is 0 Å². The number of hydrogen-bond acceptors (Lipinski definition) is 4. The van der Waals surface area contributed by atoms with Crippen molar-refractivity contribution in [2.75, 3.05) is 7.11 Å². The standard InChI is InChI=1S/C17H20N4OS/c1-12-3-6-15(7-4-12)23-11-14-9-13(5-8-16(14)22-2)10-20-21-17(18)19/h3-10H,11H2,1-2H3,(H4,18,19,21). The Hall–Kier alpha value is -2.47. The van der Waals surface area contributed by atoms with Crippen molar-refractivity contribution < 1.29 is 4.74 Å². The first-order valence-corrected chi connectivity index (χ1v) is 8.05. The second-order valence-corrected chi connectivity index (χ2v) is 5.99. The number of guanidine groups is 1. The highest BCUT2D eigenvalue weighted by molar-refractivity contribution is 7.98. The van der Waals surface area contributed by atoms with E-state index >= 15 is 0 Å². The van der Waals surface area contributed by atoms with Gasteiger partial charge in [0.25, 0.3) is 0 Å². The van der Waals surface area contributed by atoms with E-state index < -0.39 is 0 Å². The molecule has 0 amide bonds. The fraction of sp³-hybridized carbons (Fsp3) is 0.176. The minimum atomic E-state index is -0.0649. The Morgan fingerprint density at radius 3 is 2.57 bits per heavy atom. The van der Waals surface area contributed by atoms with E-state index in [2.05, 4.69) is 41.4 Å². The quantitative estimate of drug-likeness (QED) is 0.369. The highest BCUT2D eigenvalue weighted by Crippen LogP contribution is 2.28. The highest BCUT2D eigenvalue weighted by Gasteiger charge is 2.05. The molecule has 0 saturated heterocycles. The summed E-state index contributed by atoms with van der Waals surface area (Å²) in [6, 6.07) is 14.3. The molecule has 0 saturated carbocycles. The van der Waals surface area contributed by atoms with E-state index in [1.165, 1.54) is 10.5 Å².